The van der Waals surface area contributed by atoms with Crippen LogP contribution in [-0.4, -0.2) is 47.4 Å². The van der Waals surface area contributed by atoms with Crippen LogP contribution in [0, 0.1) is 13.8 Å². The molecular formula is C22H32N2O6S2. The summed E-state index contributed by atoms with van der Waals surface area (Å²) in [6.45, 7) is 12.0. The molecule has 0 saturated heterocycles. The molecule has 2 rings (SSSR count). The Kier molecular flexibility index (Phi) is 8.55. The molecule has 0 atom stereocenters. The molecule has 0 radical (unpaired) electrons. The smallest absolute Gasteiger partial charge is 0.262 e. The van der Waals surface area contributed by atoms with E-state index in [0.29, 0.717) is 48.9 Å². The van der Waals surface area contributed by atoms with Crippen molar-refractivity contribution in [1.82, 2.24) is 4.31 Å². The minimum absolute atomic E-state index is 0.0153. The van der Waals surface area contributed by atoms with E-state index in [9.17, 15) is 16.8 Å². The molecule has 0 spiro atoms. The van der Waals surface area contributed by atoms with Crippen molar-refractivity contribution in [2.24, 2.45) is 0 Å². The van der Waals surface area contributed by atoms with Crippen molar-refractivity contribution in [3.8, 4) is 11.5 Å². The van der Waals surface area contributed by atoms with E-state index >= 15 is 0 Å². The average molecular weight is 485 g/mol. The van der Waals surface area contributed by atoms with Gasteiger partial charge in [0.25, 0.3) is 10.0 Å². The number of anilines is 1. The lowest BCUT2D eigenvalue weighted by Gasteiger charge is -2.21. The first kappa shape index (κ1) is 26.0. The number of sulfonamides is 2. The maximum Gasteiger partial charge on any atom is 0.262 e. The molecule has 0 aliphatic rings. The molecular weight excluding hydrogens is 452 g/mol. The van der Waals surface area contributed by atoms with Gasteiger partial charge < -0.3 is 9.47 Å². The predicted octanol–water partition coefficient (Wildman–Crippen LogP) is 3.93. The fraction of sp³-hybridized carbons (Fsp3) is 0.455. The standard InChI is InChI=1S/C22H32N2O6S2/c1-7-24(8-2)32(27,28)19-13-16(5)17(6)20(14-19)23-31(25,26)18-11-12-21(29-9-3)22(15-18)30-10-4/h11-15,23H,7-10H2,1-6H3. The van der Waals surface area contributed by atoms with E-state index in [4.69, 9.17) is 9.47 Å². The molecule has 0 aliphatic heterocycles. The summed E-state index contributed by atoms with van der Waals surface area (Å²) >= 11 is 0. The van der Waals surface area contributed by atoms with Gasteiger partial charge in [0, 0.05) is 19.2 Å². The normalized spacial score (nSPS) is 12.1. The summed E-state index contributed by atoms with van der Waals surface area (Å²) in [7, 11) is -7.76. The van der Waals surface area contributed by atoms with Crippen LogP contribution in [0.4, 0.5) is 5.69 Å². The van der Waals surface area contributed by atoms with E-state index in [1.54, 1.807) is 46.8 Å². The molecule has 0 bridgehead atoms. The van der Waals surface area contributed by atoms with Crippen LogP contribution in [0.2, 0.25) is 0 Å². The fourth-order valence-corrected chi connectivity index (χ4v) is 5.90. The second kappa shape index (κ2) is 10.5. The van der Waals surface area contributed by atoms with Crippen molar-refractivity contribution in [1.29, 1.82) is 0 Å². The van der Waals surface area contributed by atoms with E-state index in [1.807, 2.05) is 6.92 Å². The Hall–Kier alpha value is -2.30. The molecule has 0 fully saturated rings. The molecule has 2 aromatic rings. The fourth-order valence-electron chi connectivity index (χ4n) is 3.20. The molecule has 0 saturated carbocycles. The maximum atomic E-state index is 13.1. The van der Waals surface area contributed by atoms with E-state index in [2.05, 4.69) is 4.72 Å². The highest BCUT2D eigenvalue weighted by Gasteiger charge is 2.25. The zero-order valence-corrected chi connectivity index (χ0v) is 21.1. The Morgan fingerprint density at radius 1 is 0.812 bits per heavy atom. The molecule has 178 valence electrons. The van der Waals surface area contributed by atoms with Gasteiger partial charge in [0.2, 0.25) is 10.0 Å². The second-order valence-corrected chi connectivity index (χ2v) is 10.7. The van der Waals surface area contributed by atoms with Crippen LogP contribution in [0.25, 0.3) is 0 Å². The van der Waals surface area contributed by atoms with Gasteiger partial charge in [-0.2, -0.15) is 4.31 Å². The number of nitrogens with zero attached hydrogens (tertiary/aromatic N) is 1. The van der Waals surface area contributed by atoms with Crippen molar-refractivity contribution >= 4 is 25.7 Å². The van der Waals surface area contributed by atoms with Gasteiger partial charge >= 0.3 is 0 Å². The van der Waals surface area contributed by atoms with Crippen molar-refractivity contribution in [3.63, 3.8) is 0 Å². The Labute approximate surface area is 191 Å². The van der Waals surface area contributed by atoms with Crippen molar-refractivity contribution in [3.05, 3.63) is 41.5 Å². The molecule has 0 aliphatic carbocycles. The van der Waals surface area contributed by atoms with Crippen LogP contribution in [0.15, 0.2) is 40.1 Å². The van der Waals surface area contributed by atoms with Crippen LogP contribution >= 0.6 is 0 Å². The van der Waals surface area contributed by atoms with Crippen LogP contribution in [0.1, 0.15) is 38.8 Å². The molecule has 8 nitrogen and oxygen atoms in total. The Bertz CT molecular complexity index is 1160. The molecule has 32 heavy (non-hydrogen) atoms. The van der Waals surface area contributed by atoms with Crippen molar-refractivity contribution in [2.75, 3.05) is 31.0 Å². The first-order chi connectivity index (χ1) is 15.0. The lowest BCUT2D eigenvalue weighted by atomic mass is 10.1. The number of hydrogen-bond donors (Lipinski definition) is 1. The maximum absolute atomic E-state index is 13.1. The summed E-state index contributed by atoms with van der Waals surface area (Å²) in [5, 5.41) is 0. The lowest BCUT2D eigenvalue weighted by molar-refractivity contribution is 0.287. The second-order valence-electron chi connectivity index (χ2n) is 7.08. The lowest BCUT2D eigenvalue weighted by Crippen LogP contribution is -2.30. The Balaban J connectivity index is 2.52. The minimum Gasteiger partial charge on any atom is -0.490 e. The van der Waals surface area contributed by atoms with Gasteiger partial charge in [0.05, 0.1) is 28.7 Å². The first-order valence-corrected chi connectivity index (χ1v) is 13.5. The van der Waals surface area contributed by atoms with E-state index < -0.39 is 20.0 Å². The van der Waals surface area contributed by atoms with Gasteiger partial charge in [-0.25, -0.2) is 16.8 Å². The van der Waals surface area contributed by atoms with E-state index in [1.165, 1.54) is 22.5 Å². The number of aryl methyl sites for hydroxylation is 1. The molecule has 0 aromatic heterocycles. The van der Waals surface area contributed by atoms with E-state index in [-0.39, 0.29) is 15.5 Å². The number of rotatable bonds is 11. The highest BCUT2D eigenvalue weighted by Crippen LogP contribution is 2.32. The Morgan fingerprint density at radius 3 is 1.97 bits per heavy atom. The molecule has 10 heteroatoms. The Morgan fingerprint density at radius 2 is 1.41 bits per heavy atom. The number of benzene rings is 2. The molecule has 0 amide bonds. The SMILES string of the molecule is CCOc1ccc(S(=O)(=O)Nc2cc(S(=O)(=O)N(CC)CC)cc(C)c2C)cc1OCC. The number of ether oxygens (including phenoxy) is 2. The monoisotopic (exact) mass is 484 g/mol. The summed E-state index contributed by atoms with van der Waals surface area (Å²) < 4.78 is 67.1. The predicted molar refractivity (Wildman–Crippen MR) is 126 cm³/mol. The minimum atomic E-state index is -4.01. The zero-order valence-electron chi connectivity index (χ0n) is 19.4. The van der Waals surface area contributed by atoms with E-state index in [0.717, 1.165) is 0 Å². The van der Waals surface area contributed by atoms with Crippen molar-refractivity contribution in [2.45, 2.75) is 51.3 Å². The average Bonchev–Trinajstić information content (AvgIpc) is 2.73. The summed E-state index contributed by atoms with van der Waals surface area (Å²) in [6.07, 6.45) is 0. The van der Waals surface area contributed by atoms with Crippen molar-refractivity contribution < 1.29 is 26.3 Å². The summed E-state index contributed by atoms with van der Waals surface area (Å²) in [5.41, 5.74) is 1.52. The van der Waals surface area contributed by atoms with Crippen LogP contribution < -0.4 is 14.2 Å². The van der Waals surface area contributed by atoms with Crippen LogP contribution in [0.3, 0.4) is 0 Å². The van der Waals surface area contributed by atoms with Gasteiger partial charge in [0.15, 0.2) is 11.5 Å². The third-order valence-electron chi connectivity index (χ3n) is 5.05. The summed E-state index contributed by atoms with van der Waals surface area (Å²) in [4.78, 5) is 0.0298. The molecule has 0 heterocycles. The van der Waals surface area contributed by atoms with Gasteiger partial charge in [0.1, 0.15) is 0 Å². The van der Waals surface area contributed by atoms with Gasteiger partial charge in [-0.1, -0.05) is 13.8 Å². The summed E-state index contributed by atoms with van der Waals surface area (Å²) in [5.74, 6) is 0.774. The number of nitrogens with one attached hydrogen (secondary N) is 1. The largest absolute Gasteiger partial charge is 0.490 e. The molecule has 1 N–H and O–H groups in total. The first-order valence-electron chi connectivity index (χ1n) is 10.6. The van der Waals surface area contributed by atoms with Gasteiger partial charge in [-0.3, -0.25) is 4.72 Å². The third kappa shape index (κ3) is 5.54. The third-order valence-corrected chi connectivity index (χ3v) is 8.44. The molecule has 0 unspecified atom stereocenters. The number of hydrogen-bond acceptors (Lipinski definition) is 6. The van der Waals surface area contributed by atoms with Gasteiger partial charge in [-0.05, 0) is 63.1 Å². The van der Waals surface area contributed by atoms with Gasteiger partial charge in [-0.15, -0.1) is 0 Å². The topological polar surface area (TPSA) is 102 Å². The summed E-state index contributed by atoms with van der Waals surface area (Å²) in [6, 6.07) is 7.29. The quantitative estimate of drug-likeness (QED) is 0.518. The molecule has 2 aromatic carbocycles. The zero-order chi connectivity index (χ0) is 24.1. The highest BCUT2D eigenvalue weighted by atomic mass is 32.2. The van der Waals surface area contributed by atoms with Crippen LogP contribution in [0.5, 0.6) is 11.5 Å². The van der Waals surface area contributed by atoms with Crippen LogP contribution in [-0.2, 0) is 20.0 Å². The highest BCUT2D eigenvalue weighted by molar-refractivity contribution is 7.92.